The van der Waals surface area contributed by atoms with Crippen molar-refractivity contribution < 1.29 is 9.53 Å². The lowest BCUT2D eigenvalue weighted by Gasteiger charge is -2.38. The van der Waals surface area contributed by atoms with Crippen molar-refractivity contribution in [3.63, 3.8) is 0 Å². The van der Waals surface area contributed by atoms with Crippen LogP contribution in [0.1, 0.15) is 59.3 Å². The van der Waals surface area contributed by atoms with E-state index in [0.717, 1.165) is 32.2 Å². The zero-order valence-corrected chi connectivity index (χ0v) is 12.5. The van der Waals surface area contributed by atoms with E-state index < -0.39 is 5.60 Å². The third-order valence-electron chi connectivity index (χ3n) is 4.30. The van der Waals surface area contributed by atoms with Crippen LogP contribution >= 0.6 is 0 Å². The van der Waals surface area contributed by atoms with E-state index >= 15 is 0 Å². The van der Waals surface area contributed by atoms with Gasteiger partial charge in [0.1, 0.15) is 5.60 Å². The average molecular weight is 268 g/mol. The summed E-state index contributed by atoms with van der Waals surface area (Å²) in [5.41, 5.74) is 5.85. The van der Waals surface area contributed by atoms with E-state index in [1.54, 1.807) is 0 Å². The minimum Gasteiger partial charge on any atom is -0.444 e. The number of amides is 1. The number of rotatable bonds is 1. The molecule has 1 aliphatic heterocycles. The summed E-state index contributed by atoms with van der Waals surface area (Å²) in [6.07, 6.45) is 6.74. The van der Waals surface area contributed by atoms with Gasteiger partial charge in [0.2, 0.25) is 0 Å². The van der Waals surface area contributed by atoms with Crippen molar-refractivity contribution in [1.82, 2.24) is 4.90 Å². The van der Waals surface area contributed by atoms with Crippen LogP contribution in [0.3, 0.4) is 0 Å². The Morgan fingerprint density at radius 1 is 1.16 bits per heavy atom. The maximum Gasteiger partial charge on any atom is 0.410 e. The molecule has 0 aromatic carbocycles. The van der Waals surface area contributed by atoms with Gasteiger partial charge in [-0.1, -0.05) is 12.8 Å². The first-order chi connectivity index (χ1) is 8.88. The van der Waals surface area contributed by atoms with Gasteiger partial charge in [-0.3, -0.25) is 0 Å². The summed E-state index contributed by atoms with van der Waals surface area (Å²) in [4.78, 5) is 14.2. The Hall–Kier alpha value is -0.770. The van der Waals surface area contributed by atoms with Crippen LogP contribution in [0.4, 0.5) is 4.79 Å². The molecular formula is C15H28N2O2. The number of carbonyl (C=O) groups is 1. The molecule has 0 aromatic heterocycles. The number of nitrogens with two attached hydrogens (primary N) is 1. The molecule has 110 valence electrons. The smallest absolute Gasteiger partial charge is 0.410 e. The van der Waals surface area contributed by atoms with Crippen molar-refractivity contribution in [2.24, 2.45) is 11.7 Å². The van der Waals surface area contributed by atoms with Crippen LogP contribution in [-0.2, 0) is 4.74 Å². The largest absolute Gasteiger partial charge is 0.444 e. The third kappa shape index (κ3) is 3.62. The van der Waals surface area contributed by atoms with Crippen LogP contribution < -0.4 is 5.73 Å². The Bertz CT molecular complexity index is 325. The van der Waals surface area contributed by atoms with Crippen molar-refractivity contribution >= 4 is 6.09 Å². The first-order valence-electron chi connectivity index (χ1n) is 7.64. The number of carbonyl (C=O) groups excluding carboxylic acids is 1. The summed E-state index contributed by atoms with van der Waals surface area (Å²) < 4.78 is 5.52. The predicted octanol–water partition coefficient (Wildman–Crippen LogP) is 2.90. The normalized spacial score (nSPS) is 32.4. The third-order valence-corrected chi connectivity index (χ3v) is 4.30. The molecule has 1 heterocycles. The van der Waals surface area contributed by atoms with Crippen molar-refractivity contribution in [3.05, 3.63) is 0 Å². The highest BCUT2D eigenvalue weighted by Gasteiger charge is 2.39. The SMILES string of the molecule is CC(C)(C)OC(=O)N1CCC[C@@H]1[C@H]1CCCC[C@H]1N. The summed E-state index contributed by atoms with van der Waals surface area (Å²) in [6.45, 7) is 6.58. The van der Waals surface area contributed by atoms with E-state index in [1.807, 2.05) is 25.7 Å². The molecule has 1 amide bonds. The van der Waals surface area contributed by atoms with E-state index in [-0.39, 0.29) is 12.1 Å². The highest BCUT2D eigenvalue weighted by atomic mass is 16.6. The second-order valence-electron chi connectivity index (χ2n) is 7.00. The van der Waals surface area contributed by atoms with Gasteiger partial charge in [0.15, 0.2) is 0 Å². The lowest BCUT2D eigenvalue weighted by molar-refractivity contribution is 0.0145. The van der Waals surface area contributed by atoms with Gasteiger partial charge in [-0.2, -0.15) is 0 Å². The van der Waals surface area contributed by atoms with Gasteiger partial charge in [0.25, 0.3) is 0 Å². The molecule has 2 aliphatic rings. The summed E-state index contributed by atoms with van der Waals surface area (Å²) in [5.74, 6) is 0.462. The van der Waals surface area contributed by atoms with E-state index in [9.17, 15) is 4.79 Å². The highest BCUT2D eigenvalue weighted by Crippen LogP contribution is 2.34. The Balaban J connectivity index is 2.01. The van der Waals surface area contributed by atoms with Crippen LogP contribution in [0.25, 0.3) is 0 Å². The lowest BCUT2D eigenvalue weighted by atomic mass is 9.79. The van der Waals surface area contributed by atoms with Gasteiger partial charge in [0.05, 0.1) is 0 Å². The number of nitrogens with zero attached hydrogens (tertiary/aromatic N) is 1. The van der Waals surface area contributed by atoms with Gasteiger partial charge in [-0.25, -0.2) is 4.79 Å². The van der Waals surface area contributed by atoms with Gasteiger partial charge in [0, 0.05) is 18.6 Å². The maximum absolute atomic E-state index is 12.3. The number of likely N-dealkylation sites (tertiary alicyclic amines) is 1. The zero-order valence-electron chi connectivity index (χ0n) is 12.5. The van der Waals surface area contributed by atoms with E-state index in [2.05, 4.69) is 0 Å². The summed E-state index contributed by atoms with van der Waals surface area (Å²) in [7, 11) is 0. The second kappa shape index (κ2) is 5.70. The lowest BCUT2D eigenvalue weighted by Crippen LogP contribution is -2.49. The molecule has 0 aromatic rings. The average Bonchev–Trinajstić information content (AvgIpc) is 2.76. The molecule has 1 aliphatic carbocycles. The fourth-order valence-electron chi connectivity index (χ4n) is 3.45. The summed E-state index contributed by atoms with van der Waals surface area (Å²) in [5, 5.41) is 0. The van der Waals surface area contributed by atoms with Crippen LogP contribution in [0.15, 0.2) is 0 Å². The summed E-state index contributed by atoms with van der Waals surface area (Å²) in [6, 6.07) is 0.548. The zero-order chi connectivity index (χ0) is 14.0. The summed E-state index contributed by atoms with van der Waals surface area (Å²) >= 11 is 0. The number of hydrogen-bond acceptors (Lipinski definition) is 3. The number of ether oxygens (including phenoxy) is 1. The number of hydrogen-bond donors (Lipinski definition) is 1. The fraction of sp³-hybridized carbons (Fsp3) is 0.933. The van der Waals surface area contributed by atoms with E-state index in [0.29, 0.717) is 12.0 Å². The molecule has 4 heteroatoms. The predicted molar refractivity (Wildman–Crippen MR) is 75.9 cm³/mol. The van der Waals surface area contributed by atoms with Crippen LogP contribution in [0, 0.1) is 5.92 Å². The first-order valence-corrected chi connectivity index (χ1v) is 7.64. The highest BCUT2D eigenvalue weighted by molar-refractivity contribution is 5.69. The van der Waals surface area contributed by atoms with Crippen molar-refractivity contribution in [1.29, 1.82) is 0 Å². The monoisotopic (exact) mass is 268 g/mol. The van der Waals surface area contributed by atoms with E-state index in [4.69, 9.17) is 10.5 Å². The fourth-order valence-corrected chi connectivity index (χ4v) is 3.45. The van der Waals surface area contributed by atoms with Gasteiger partial charge in [-0.05, 0) is 52.4 Å². The Kier molecular flexibility index (Phi) is 4.39. The van der Waals surface area contributed by atoms with Crippen molar-refractivity contribution in [2.45, 2.75) is 77.0 Å². The van der Waals surface area contributed by atoms with Crippen molar-refractivity contribution in [3.8, 4) is 0 Å². The van der Waals surface area contributed by atoms with Gasteiger partial charge >= 0.3 is 6.09 Å². The van der Waals surface area contributed by atoms with Crippen LogP contribution in [-0.4, -0.2) is 35.2 Å². The van der Waals surface area contributed by atoms with Crippen molar-refractivity contribution in [2.75, 3.05) is 6.54 Å². The van der Waals surface area contributed by atoms with Gasteiger partial charge in [-0.15, -0.1) is 0 Å². The standard InChI is InChI=1S/C15H28N2O2/c1-15(2,3)19-14(18)17-10-6-9-13(17)11-7-4-5-8-12(11)16/h11-13H,4-10,16H2,1-3H3/t11-,12+,13+/m0/s1. The molecule has 1 saturated heterocycles. The van der Waals surface area contributed by atoms with E-state index in [1.165, 1.54) is 12.8 Å². The molecule has 2 N–H and O–H groups in total. The molecule has 4 nitrogen and oxygen atoms in total. The Morgan fingerprint density at radius 3 is 2.47 bits per heavy atom. The minimum absolute atomic E-state index is 0.159. The molecule has 0 radical (unpaired) electrons. The first kappa shape index (κ1) is 14.6. The molecule has 2 rings (SSSR count). The van der Waals surface area contributed by atoms with Crippen LogP contribution in [0.5, 0.6) is 0 Å². The molecule has 3 atom stereocenters. The molecule has 0 bridgehead atoms. The quantitative estimate of drug-likeness (QED) is 0.795. The topological polar surface area (TPSA) is 55.6 Å². The minimum atomic E-state index is -0.418. The molecule has 1 saturated carbocycles. The molecular weight excluding hydrogens is 240 g/mol. The Morgan fingerprint density at radius 2 is 1.84 bits per heavy atom. The molecule has 0 spiro atoms. The molecule has 2 fully saturated rings. The molecule has 19 heavy (non-hydrogen) atoms. The molecule has 0 unspecified atom stereocenters. The maximum atomic E-state index is 12.3. The van der Waals surface area contributed by atoms with Crippen LogP contribution in [0.2, 0.25) is 0 Å². The van der Waals surface area contributed by atoms with Gasteiger partial charge < -0.3 is 15.4 Å². The Labute approximate surface area is 116 Å². The second-order valence-corrected chi connectivity index (χ2v) is 7.00.